The first-order valence-corrected chi connectivity index (χ1v) is 13.3. The lowest BCUT2D eigenvalue weighted by Crippen LogP contribution is -2.50. The van der Waals surface area contributed by atoms with Crippen LogP contribution < -0.4 is 9.62 Å². The summed E-state index contributed by atoms with van der Waals surface area (Å²) < 4.78 is 28.8. The second kappa shape index (κ2) is 11.9. The van der Waals surface area contributed by atoms with E-state index < -0.39 is 28.5 Å². The molecule has 0 heterocycles. The molecule has 3 aromatic rings. The van der Waals surface area contributed by atoms with E-state index in [0.717, 1.165) is 21.0 Å². The Morgan fingerprint density at radius 3 is 2.25 bits per heavy atom. The first-order chi connectivity index (χ1) is 17.2. The summed E-state index contributed by atoms with van der Waals surface area (Å²) in [5.74, 6) is -0.805. The molecule has 0 aliphatic carbocycles. The number of anilines is 1. The largest absolute Gasteiger partial charge is 0.357 e. The van der Waals surface area contributed by atoms with Crippen molar-refractivity contribution in [2.45, 2.75) is 44.7 Å². The second-order valence-electron chi connectivity index (χ2n) is 8.61. The summed E-state index contributed by atoms with van der Waals surface area (Å²) in [6, 6.07) is 22.1. The highest BCUT2D eigenvalue weighted by atomic mass is 32.2. The number of aryl methyl sites for hydroxylation is 2. The molecule has 0 spiro atoms. The molecule has 8 heteroatoms. The number of hydrogen-bond acceptors (Lipinski definition) is 4. The van der Waals surface area contributed by atoms with Crippen molar-refractivity contribution in [3.05, 3.63) is 95.6 Å². The lowest BCUT2D eigenvalue weighted by Gasteiger charge is -2.32. The molecule has 0 saturated heterocycles. The second-order valence-corrected chi connectivity index (χ2v) is 10.5. The highest BCUT2D eigenvalue weighted by Crippen LogP contribution is 2.28. The molecule has 3 rings (SSSR count). The van der Waals surface area contributed by atoms with Crippen LogP contribution >= 0.6 is 0 Å². The summed E-state index contributed by atoms with van der Waals surface area (Å²) in [4.78, 5) is 27.9. The van der Waals surface area contributed by atoms with Gasteiger partial charge in [0.15, 0.2) is 0 Å². The third kappa shape index (κ3) is 6.12. The number of benzene rings is 3. The topological polar surface area (TPSA) is 86.8 Å². The standard InChI is InChI=1S/C28H33N3O4S/c1-5-24-14-9-10-17-26(24)31(36(34,35)25-15-7-6-8-16-25)20-27(32)30(22(3)28(33)29-4)19-23-13-11-12-21(2)18-23/h6-18,22H,5,19-20H2,1-4H3,(H,29,33)/t22-/m1/s1. The van der Waals surface area contributed by atoms with Crippen LogP contribution in [0.2, 0.25) is 0 Å². The number of para-hydroxylation sites is 1. The van der Waals surface area contributed by atoms with Crippen molar-refractivity contribution in [2.75, 3.05) is 17.9 Å². The minimum atomic E-state index is -4.06. The van der Waals surface area contributed by atoms with Gasteiger partial charge < -0.3 is 10.2 Å². The van der Waals surface area contributed by atoms with Crippen molar-refractivity contribution in [3.8, 4) is 0 Å². The Kier molecular flexibility index (Phi) is 8.88. The average molecular weight is 508 g/mol. The Morgan fingerprint density at radius 2 is 1.61 bits per heavy atom. The maximum absolute atomic E-state index is 13.8. The van der Waals surface area contributed by atoms with Crippen molar-refractivity contribution in [1.82, 2.24) is 10.2 Å². The van der Waals surface area contributed by atoms with E-state index in [1.54, 1.807) is 37.3 Å². The summed E-state index contributed by atoms with van der Waals surface area (Å²) in [5.41, 5.74) is 3.12. The van der Waals surface area contributed by atoms with Gasteiger partial charge in [0.1, 0.15) is 12.6 Å². The van der Waals surface area contributed by atoms with E-state index in [4.69, 9.17) is 0 Å². The number of carbonyl (C=O) groups is 2. The minimum absolute atomic E-state index is 0.0910. The van der Waals surface area contributed by atoms with Crippen molar-refractivity contribution in [1.29, 1.82) is 0 Å². The lowest BCUT2D eigenvalue weighted by molar-refractivity contribution is -0.139. The van der Waals surface area contributed by atoms with Crippen molar-refractivity contribution in [2.24, 2.45) is 0 Å². The molecule has 0 aliphatic rings. The van der Waals surface area contributed by atoms with E-state index >= 15 is 0 Å². The van der Waals surface area contributed by atoms with Gasteiger partial charge in [-0.15, -0.1) is 0 Å². The zero-order valence-corrected chi connectivity index (χ0v) is 22.0. The number of carbonyl (C=O) groups excluding carboxylic acids is 2. The molecule has 0 unspecified atom stereocenters. The molecule has 7 nitrogen and oxygen atoms in total. The first kappa shape index (κ1) is 26.9. The van der Waals surface area contributed by atoms with Crippen LogP contribution in [0.3, 0.4) is 0 Å². The highest BCUT2D eigenvalue weighted by molar-refractivity contribution is 7.92. The third-order valence-electron chi connectivity index (χ3n) is 6.10. The summed E-state index contributed by atoms with van der Waals surface area (Å²) in [5, 5.41) is 2.59. The van der Waals surface area contributed by atoms with Gasteiger partial charge in [0.2, 0.25) is 11.8 Å². The molecule has 36 heavy (non-hydrogen) atoms. The fraction of sp³-hybridized carbons (Fsp3) is 0.286. The SMILES string of the molecule is CCc1ccccc1N(CC(=O)N(Cc1cccc(C)c1)[C@H](C)C(=O)NC)S(=O)(=O)c1ccccc1. The molecular formula is C28H33N3O4S. The predicted molar refractivity (Wildman–Crippen MR) is 142 cm³/mol. The molecule has 0 aliphatic heterocycles. The Bertz CT molecular complexity index is 1310. The molecule has 0 radical (unpaired) electrons. The summed E-state index contributed by atoms with van der Waals surface area (Å²) in [7, 11) is -2.55. The van der Waals surface area contributed by atoms with Crippen molar-refractivity contribution >= 4 is 27.5 Å². The van der Waals surface area contributed by atoms with E-state index in [2.05, 4.69) is 5.32 Å². The van der Waals surface area contributed by atoms with Gasteiger partial charge in [-0.05, 0) is 49.6 Å². The van der Waals surface area contributed by atoms with Gasteiger partial charge in [-0.3, -0.25) is 13.9 Å². The van der Waals surface area contributed by atoms with Crippen LogP contribution in [0.15, 0.2) is 83.8 Å². The molecular weight excluding hydrogens is 474 g/mol. The van der Waals surface area contributed by atoms with Crippen LogP contribution in [-0.2, 0) is 32.6 Å². The van der Waals surface area contributed by atoms with Crippen LogP contribution in [0.25, 0.3) is 0 Å². The predicted octanol–water partition coefficient (Wildman–Crippen LogP) is 3.92. The lowest BCUT2D eigenvalue weighted by atomic mass is 10.1. The zero-order valence-electron chi connectivity index (χ0n) is 21.1. The summed E-state index contributed by atoms with van der Waals surface area (Å²) in [6.45, 7) is 5.26. The Morgan fingerprint density at radius 1 is 0.944 bits per heavy atom. The van der Waals surface area contributed by atoms with E-state index in [9.17, 15) is 18.0 Å². The zero-order chi connectivity index (χ0) is 26.3. The normalized spacial score (nSPS) is 12.0. The van der Waals surface area contributed by atoms with Gasteiger partial charge in [0, 0.05) is 13.6 Å². The number of sulfonamides is 1. The van der Waals surface area contributed by atoms with Crippen LogP contribution in [0.1, 0.15) is 30.5 Å². The van der Waals surface area contributed by atoms with Gasteiger partial charge in [-0.2, -0.15) is 0 Å². The number of hydrogen-bond donors (Lipinski definition) is 1. The minimum Gasteiger partial charge on any atom is -0.357 e. The number of likely N-dealkylation sites (N-methyl/N-ethyl adjacent to an activating group) is 1. The average Bonchev–Trinajstić information content (AvgIpc) is 2.89. The number of amides is 2. The summed E-state index contributed by atoms with van der Waals surface area (Å²) >= 11 is 0. The van der Waals surface area contributed by atoms with E-state index in [0.29, 0.717) is 12.1 Å². The molecule has 3 aromatic carbocycles. The van der Waals surface area contributed by atoms with Crippen molar-refractivity contribution < 1.29 is 18.0 Å². The Balaban J connectivity index is 2.06. The Labute approximate surface area is 213 Å². The van der Waals surface area contributed by atoms with Gasteiger partial charge in [0.05, 0.1) is 10.6 Å². The Hall–Kier alpha value is -3.65. The molecule has 0 bridgehead atoms. The van der Waals surface area contributed by atoms with E-state index in [-0.39, 0.29) is 17.3 Å². The van der Waals surface area contributed by atoms with E-state index in [1.807, 2.05) is 50.2 Å². The quantitative estimate of drug-likeness (QED) is 0.451. The molecule has 0 fully saturated rings. The molecule has 190 valence electrons. The van der Waals surface area contributed by atoms with Gasteiger partial charge >= 0.3 is 0 Å². The third-order valence-corrected chi connectivity index (χ3v) is 7.87. The summed E-state index contributed by atoms with van der Waals surface area (Å²) in [6.07, 6.45) is 0.590. The number of nitrogens with zero attached hydrogens (tertiary/aromatic N) is 2. The number of nitrogens with one attached hydrogen (secondary N) is 1. The van der Waals surface area contributed by atoms with E-state index in [1.165, 1.54) is 24.1 Å². The van der Waals surface area contributed by atoms with Gasteiger partial charge in [0.25, 0.3) is 10.0 Å². The maximum Gasteiger partial charge on any atom is 0.264 e. The fourth-order valence-corrected chi connectivity index (χ4v) is 5.56. The molecule has 0 saturated carbocycles. The molecule has 0 aromatic heterocycles. The number of rotatable bonds is 10. The monoisotopic (exact) mass is 507 g/mol. The van der Waals surface area contributed by atoms with Gasteiger partial charge in [-0.25, -0.2) is 8.42 Å². The van der Waals surface area contributed by atoms with Crippen LogP contribution in [0, 0.1) is 6.92 Å². The smallest absolute Gasteiger partial charge is 0.264 e. The molecule has 1 N–H and O–H groups in total. The van der Waals surface area contributed by atoms with Crippen molar-refractivity contribution in [3.63, 3.8) is 0 Å². The molecule has 1 atom stereocenters. The first-order valence-electron chi connectivity index (χ1n) is 11.9. The maximum atomic E-state index is 13.8. The van der Waals surface area contributed by atoms with Crippen LogP contribution in [0.5, 0.6) is 0 Å². The highest BCUT2D eigenvalue weighted by Gasteiger charge is 2.33. The fourth-order valence-electron chi connectivity index (χ4n) is 4.08. The molecule has 2 amide bonds. The van der Waals surface area contributed by atoms with Crippen LogP contribution in [-0.4, -0.2) is 44.8 Å². The van der Waals surface area contributed by atoms with Crippen LogP contribution in [0.4, 0.5) is 5.69 Å². The van der Waals surface area contributed by atoms with Gasteiger partial charge in [-0.1, -0.05) is 73.2 Å².